The highest BCUT2D eigenvalue weighted by atomic mass is 16.5. The summed E-state index contributed by atoms with van der Waals surface area (Å²) in [7, 11) is 1.59. The molecule has 1 aromatic rings. The van der Waals surface area contributed by atoms with Crippen molar-refractivity contribution in [3.8, 4) is 5.75 Å². The molecule has 0 aliphatic rings. The first-order chi connectivity index (χ1) is 8.67. The number of carbonyl (C=O) groups is 1. The highest BCUT2D eigenvalue weighted by Gasteiger charge is 2.07. The maximum absolute atomic E-state index is 11.6. The molecule has 3 N–H and O–H groups in total. The molecule has 1 rings (SSSR count). The molecule has 0 aliphatic heterocycles. The number of nitrogens with one attached hydrogen (secondary N) is 2. The van der Waals surface area contributed by atoms with Gasteiger partial charge >= 0.3 is 0 Å². The Hall–Kier alpha value is -1.75. The summed E-state index contributed by atoms with van der Waals surface area (Å²) in [5.74, 6) is 0.593. The molecule has 100 valence electrons. The zero-order valence-electron chi connectivity index (χ0n) is 10.8. The van der Waals surface area contributed by atoms with Crippen LogP contribution in [0.5, 0.6) is 5.75 Å². The lowest BCUT2D eigenvalue weighted by Crippen LogP contribution is -2.37. The molecule has 0 aliphatic carbocycles. The van der Waals surface area contributed by atoms with Crippen molar-refractivity contribution in [1.29, 1.82) is 0 Å². The molecule has 0 saturated heterocycles. The molecule has 0 aromatic heterocycles. The molecule has 1 unspecified atom stereocenters. The average molecular weight is 252 g/mol. The number of hydrogen-bond donors (Lipinski definition) is 3. The van der Waals surface area contributed by atoms with Gasteiger partial charge in [-0.1, -0.05) is 12.1 Å². The van der Waals surface area contributed by atoms with Gasteiger partial charge in [0, 0.05) is 12.6 Å². The topological polar surface area (TPSA) is 70.6 Å². The summed E-state index contributed by atoms with van der Waals surface area (Å²) in [5.41, 5.74) is 0.782. The highest BCUT2D eigenvalue weighted by molar-refractivity contribution is 5.81. The zero-order chi connectivity index (χ0) is 13.4. The molecule has 0 spiro atoms. The van der Waals surface area contributed by atoms with Crippen LogP contribution >= 0.6 is 0 Å². The predicted molar refractivity (Wildman–Crippen MR) is 70.8 cm³/mol. The Bertz CT molecular complexity index is 382. The number of ether oxygens (including phenoxy) is 1. The molecule has 1 aromatic carbocycles. The van der Waals surface area contributed by atoms with Crippen LogP contribution in [0, 0.1) is 0 Å². The van der Waals surface area contributed by atoms with Crippen LogP contribution in [0.2, 0.25) is 0 Å². The Balaban J connectivity index is 2.42. The molecule has 1 amide bonds. The number of carbonyl (C=O) groups excluding carboxylic acids is 1. The first-order valence-electron chi connectivity index (χ1n) is 5.94. The van der Waals surface area contributed by atoms with E-state index < -0.39 is 0 Å². The lowest BCUT2D eigenvalue weighted by Gasteiger charge is -2.14. The van der Waals surface area contributed by atoms with Gasteiger partial charge in [0.1, 0.15) is 5.75 Å². The Morgan fingerprint density at radius 2 is 2.17 bits per heavy atom. The molecule has 0 saturated carbocycles. The summed E-state index contributed by atoms with van der Waals surface area (Å²) in [4.78, 5) is 11.6. The largest absolute Gasteiger partial charge is 0.495 e. The smallest absolute Gasteiger partial charge is 0.239 e. The average Bonchev–Trinajstić information content (AvgIpc) is 2.37. The van der Waals surface area contributed by atoms with E-state index in [1.54, 1.807) is 7.11 Å². The van der Waals surface area contributed by atoms with Crippen molar-refractivity contribution in [2.24, 2.45) is 0 Å². The van der Waals surface area contributed by atoms with E-state index in [0.29, 0.717) is 12.2 Å². The quantitative estimate of drug-likeness (QED) is 0.677. The van der Waals surface area contributed by atoms with Gasteiger partial charge in [0.05, 0.1) is 19.3 Å². The standard InChI is InChI=1S/C13H20N2O3/c1-10(7-8-16)15-13(17)9-14-11-5-3-4-6-12(11)18-2/h3-6,10,14,16H,7-9H2,1-2H3,(H,15,17). The molecule has 0 heterocycles. The summed E-state index contributed by atoms with van der Waals surface area (Å²) >= 11 is 0. The van der Waals surface area contributed by atoms with Crippen LogP contribution in [0.25, 0.3) is 0 Å². The van der Waals surface area contributed by atoms with E-state index in [-0.39, 0.29) is 25.1 Å². The van der Waals surface area contributed by atoms with E-state index in [9.17, 15) is 4.79 Å². The number of aliphatic hydroxyl groups is 1. The molecule has 1 atom stereocenters. The maximum Gasteiger partial charge on any atom is 0.239 e. The number of benzene rings is 1. The first-order valence-corrected chi connectivity index (χ1v) is 5.94. The van der Waals surface area contributed by atoms with E-state index in [4.69, 9.17) is 9.84 Å². The molecule has 0 bridgehead atoms. The van der Waals surface area contributed by atoms with Crippen LogP contribution in [0.1, 0.15) is 13.3 Å². The minimum atomic E-state index is -0.109. The summed E-state index contributed by atoms with van der Waals surface area (Å²) in [6.45, 7) is 2.11. The molecular formula is C13H20N2O3. The second kappa shape index (κ2) is 7.55. The van der Waals surface area contributed by atoms with Crippen LogP contribution in [-0.2, 0) is 4.79 Å². The Morgan fingerprint density at radius 3 is 2.83 bits per heavy atom. The minimum Gasteiger partial charge on any atom is -0.495 e. The van der Waals surface area contributed by atoms with Gasteiger partial charge < -0.3 is 20.5 Å². The SMILES string of the molecule is COc1ccccc1NCC(=O)NC(C)CCO. The number of amides is 1. The Kier molecular flexibility index (Phi) is 6.00. The van der Waals surface area contributed by atoms with Gasteiger partial charge in [0.15, 0.2) is 0 Å². The fraction of sp³-hybridized carbons (Fsp3) is 0.462. The van der Waals surface area contributed by atoms with Gasteiger partial charge in [-0.3, -0.25) is 4.79 Å². The molecule has 0 fully saturated rings. The van der Waals surface area contributed by atoms with Crippen LogP contribution in [0.15, 0.2) is 24.3 Å². The number of hydrogen-bond acceptors (Lipinski definition) is 4. The maximum atomic E-state index is 11.6. The van der Waals surface area contributed by atoms with Gasteiger partial charge in [-0.25, -0.2) is 0 Å². The fourth-order valence-electron chi connectivity index (χ4n) is 1.56. The number of methoxy groups -OCH3 is 1. The highest BCUT2D eigenvalue weighted by Crippen LogP contribution is 2.22. The molecule has 5 nitrogen and oxygen atoms in total. The Morgan fingerprint density at radius 1 is 1.44 bits per heavy atom. The van der Waals surface area contributed by atoms with Crippen LogP contribution in [0.4, 0.5) is 5.69 Å². The van der Waals surface area contributed by atoms with Gasteiger partial charge in [0.25, 0.3) is 0 Å². The van der Waals surface area contributed by atoms with Crippen molar-refractivity contribution in [2.75, 3.05) is 25.6 Å². The Labute approximate surface area is 107 Å². The van der Waals surface area contributed by atoms with Crippen LogP contribution in [-0.4, -0.2) is 37.3 Å². The molecule has 5 heteroatoms. The molecular weight excluding hydrogens is 232 g/mol. The monoisotopic (exact) mass is 252 g/mol. The van der Waals surface area contributed by atoms with Crippen molar-refractivity contribution < 1.29 is 14.6 Å². The van der Waals surface area contributed by atoms with Crippen molar-refractivity contribution in [1.82, 2.24) is 5.32 Å². The summed E-state index contributed by atoms with van der Waals surface area (Å²) in [6, 6.07) is 7.39. The van der Waals surface area contributed by atoms with Gasteiger partial charge in [-0.15, -0.1) is 0 Å². The summed E-state index contributed by atoms with van der Waals surface area (Å²) in [5, 5.41) is 14.5. The van der Waals surface area contributed by atoms with Crippen LogP contribution < -0.4 is 15.4 Å². The van der Waals surface area contributed by atoms with E-state index in [0.717, 1.165) is 5.69 Å². The number of anilines is 1. The number of rotatable bonds is 7. The third kappa shape index (κ3) is 4.63. The summed E-state index contributed by atoms with van der Waals surface area (Å²) in [6.07, 6.45) is 0.556. The van der Waals surface area contributed by atoms with Crippen molar-refractivity contribution in [3.63, 3.8) is 0 Å². The second-order valence-corrected chi connectivity index (χ2v) is 4.03. The van der Waals surface area contributed by atoms with Crippen molar-refractivity contribution in [2.45, 2.75) is 19.4 Å². The van der Waals surface area contributed by atoms with Crippen LogP contribution in [0.3, 0.4) is 0 Å². The third-order valence-electron chi connectivity index (χ3n) is 2.52. The zero-order valence-corrected chi connectivity index (χ0v) is 10.8. The third-order valence-corrected chi connectivity index (χ3v) is 2.52. The van der Waals surface area contributed by atoms with E-state index in [1.807, 2.05) is 31.2 Å². The molecule has 0 radical (unpaired) electrons. The predicted octanol–water partition coefficient (Wildman–Crippen LogP) is 0.994. The van der Waals surface area contributed by atoms with Gasteiger partial charge in [0.2, 0.25) is 5.91 Å². The van der Waals surface area contributed by atoms with Crippen molar-refractivity contribution in [3.05, 3.63) is 24.3 Å². The van der Waals surface area contributed by atoms with Crippen molar-refractivity contribution >= 4 is 11.6 Å². The van der Waals surface area contributed by atoms with E-state index in [2.05, 4.69) is 10.6 Å². The first kappa shape index (κ1) is 14.3. The fourth-order valence-corrected chi connectivity index (χ4v) is 1.56. The number of aliphatic hydroxyl groups excluding tert-OH is 1. The van der Waals surface area contributed by atoms with Gasteiger partial charge in [-0.05, 0) is 25.5 Å². The lowest BCUT2D eigenvalue weighted by molar-refractivity contribution is -0.120. The molecule has 18 heavy (non-hydrogen) atoms. The van der Waals surface area contributed by atoms with E-state index in [1.165, 1.54) is 0 Å². The van der Waals surface area contributed by atoms with Gasteiger partial charge in [-0.2, -0.15) is 0 Å². The lowest BCUT2D eigenvalue weighted by atomic mass is 10.2. The van der Waals surface area contributed by atoms with E-state index >= 15 is 0 Å². The normalized spacial score (nSPS) is 11.7. The summed E-state index contributed by atoms with van der Waals surface area (Å²) < 4.78 is 5.17. The minimum absolute atomic E-state index is 0.0260. The second-order valence-electron chi connectivity index (χ2n) is 4.03. The number of para-hydroxylation sites is 2.